The number of aliphatic hydroxyl groups excluding tert-OH is 1. The van der Waals surface area contributed by atoms with Gasteiger partial charge in [-0.25, -0.2) is 9.59 Å². The molecular formula is C25H39N3O7. The Labute approximate surface area is 207 Å². The van der Waals surface area contributed by atoms with E-state index in [1.165, 1.54) is 13.8 Å². The van der Waals surface area contributed by atoms with E-state index in [1.807, 2.05) is 0 Å². The third kappa shape index (κ3) is 10.8. The van der Waals surface area contributed by atoms with Crippen molar-refractivity contribution in [3.05, 3.63) is 35.9 Å². The van der Waals surface area contributed by atoms with Crippen molar-refractivity contribution < 1.29 is 33.8 Å². The van der Waals surface area contributed by atoms with E-state index < -0.39 is 66.4 Å². The van der Waals surface area contributed by atoms with Crippen LogP contribution < -0.4 is 10.6 Å². The van der Waals surface area contributed by atoms with Gasteiger partial charge in [-0.1, -0.05) is 30.3 Å². The molecule has 196 valence electrons. The number of ether oxygens (including phenoxy) is 2. The van der Waals surface area contributed by atoms with Crippen molar-refractivity contribution in [2.45, 2.75) is 84.7 Å². The number of nitrogens with one attached hydrogen (secondary N) is 2. The van der Waals surface area contributed by atoms with Gasteiger partial charge in [0.05, 0.1) is 12.6 Å². The summed E-state index contributed by atoms with van der Waals surface area (Å²) in [6.07, 6.45) is -0.790. The molecule has 3 atom stereocenters. The molecule has 0 aromatic heterocycles. The van der Waals surface area contributed by atoms with Crippen LogP contribution in [0.3, 0.4) is 0 Å². The maximum Gasteiger partial charge on any atom is 0.408 e. The number of carbonyl (C=O) groups excluding carboxylic acids is 4. The van der Waals surface area contributed by atoms with Crippen LogP contribution in [0.5, 0.6) is 0 Å². The number of hydrogen-bond donors (Lipinski definition) is 3. The van der Waals surface area contributed by atoms with Crippen molar-refractivity contribution in [2.24, 2.45) is 0 Å². The van der Waals surface area contributed by atoms with E-state index in [-0.39, 0.29) is 0 Å². The number of esters is 1. The number of nitrogens with zero attached hydrogens (tertiary/aromatic N) is 1. The molecule has 0 aliphatic rings. The van der Waals surface area contributed by atoms with Gasteiger partial charge in [-0.3, -0.25) is 9.59 Å². The summed E-state index contributed by atoms with van der Waals surface area (Å²) >= 11 is 0. The minimum absolute atomic E-state index is 0.466. The Morgan fingerprint density at radius 3 is 1.91 bits per heavy atom. The van der Waals surface area contributed by atoms with Crippen LogP contribution in [0, 0.1) is 0 Å². The summed E-state index contributed by atoms with van der Waals surface area (Å²) in [5.41, 5.74) is -0.890. The number of hydrogen-bond acceptors (Lipinski definition) is 7. The lowest BCUT2D eigenvalue weighted by Gasteiger charge is -2.33. The molecule has 35 heavy (non-hydrogen) atoms. The molecule has 0 aliphatic heterocycles. The second kappa shape index (κ2) is 12.5. The lowest BCUT2D eigenvalue weighted by molar-refractivity contribution is -0.158. The van der Waals surface area contributed by atoms with Crippen molar-refractivity contribution >= 4 is 23.9 Å². The zero-order valence-electron chi connectivity index (χ0n) is 21.9. The van der Waals surface area contributed by atoms with E-state index in [2.05, 4.69) is 10.6 Å². The van der Waals surface area contributed by atoms with Crippen LogP contribution in [0.25, 0.3) is 0 Å². The average Bonchev–Trinajstić information content (AvgIpc) is 2.71. The monoisotopic (exact) mass is 493 g/mol. The van der Waals surface area contributed by atoms with Gasteiger partial charge in [-0.2, -0.15) is 0 Å². The Kier molecular flexibility index (Phi) is 10.7. The summed E-state index contributed by atoms with van der Waals surface area (Å²) in [7, 11) is 0. The van der Waals surface area contributed by atoms with E-state index in [4.69, 9.17) is 9.47 Å². The predicted octanol–water partition coefficient (Wildman–Crippen LogP) is 2.31. The van der Waals surface area contributed by atoms with E-state index in [1.54, 1.807) is 71.9 Å². The molecule has 0 radical (unpaired) electrons. The molecule has 0 spiro atoms. The van der Waals surface area contributed by atoms with Crippen molar-refractivity contribution in [1.29, 1.82) is 0 Å². The number of amides is 3. The third-order valence-electron chi connectivity index (χ3n) is 4.57. The fourth-order valence-electron chi connectivity index (χ4n) is 3.09. The van der Waals surface area contributed by atoms with E-state index in [0.717, 1.165) is 4.90 Å². The minimum Gasteiger partial charge on any atom is -0.458 e. The average molecular weight is 494 g/mol. The van der Waals surface area contributed by atoms with Crippen molar-refractivity contribution in [2.75, 3.05) is 13.2 Å². The molecule has 3 N–H and O–H groups in total. The third-order valence-corrected chi connectivity index (χ3v) is 4.57. The van der Waals surface area contributed by atoms with Gasteiger partial charge in [-0.15, -0.1) is 0 Å². The SMILES string of the molecule is CC(NC(=O)CN(C(=O)[C@H](C)NC(=O)OC(C)(C)C)[C@H](CO)c1ccccc1)C(=O)OC(C)(C)C. The molecule has 0 saturated carbocycles. The van der Waals surface area contributed by atoms with E-state index in [0.29, 0.717) is 5.56 Å². The Morgan fingerprint density at radius 1 is 0.886 bits per heavy atom. The van der Waals surface area contributed by atoms with Gasteiger partial charge in [0.2, 0.25) is 11.8 Å². The fourth-order valence-corrected chi connectivity index (χ4v) is 3.09. The molecule has 0 fully saturated rings. The highest BCUT2D eigenvalue weighted by Gasteiger charge is 2.32. The van der Waals surface area contributed by atoms with Crippen LogP contribution in [0.1, 0.15) is 67.0 Å². The zero-order valence-corrected chi connectivity index (χ0v) is 21.9. The molecule has 10 nitrogen and oxygen atoms in total. The number of rotatable bonds is 9. The summed E-state index contributed by atoms with van der Waals surface area (Å²) in [5, 5.41) is 15.1. The highest BCUT2D eigenvalue weighted by molar-refractivity contribution is 5.91. The van der Waals surface area contributed by atoms with Crippen LogP contribution >= 0.6 is 0 Å². The number of benzene rings is 1. The molecule has 0 heterocycles. The molecule has 10 heteroatoms. The molecule has 0 bridgehead atoms. The van der Waals surface area contributed by atoms with Crippen molar-refractivity contribution in [1.82, 2.24) is 15.5 Å². The molecular weight excluding hydrogens is 454 g/mol. The van der Waals surface area contributed by atoms with Gasteiger partial charge in [0.25, 0.3) is 0 Å². The maximum absolute atomic E-state index is 13.3. The Balaban J connectivity index is 3.09. The first-order valence-corrected chi connectivity index (χ1v) is 11.5. The maximum atomic E-state index is 13.3. The summed E-state index contributed by atoms with van der Waals surface area (Å²) in [5.74, 6) is -1.86. The van der Waals surface area contributed by atoms with Crippen molar-refractivity contribution in [3.63, 3.8) is 0 Å². The topological polar surface area (TPSA) is 134 Å². The summed E-state index contributed by atoms with van der Waals surface area (Å²) < 4.78 is 10.5. The number of alkyl carbamates (subject to hydrolysis) is 1. The van der Waals surface area contributed by atoms with Crippen LogP contribution in [0.2, 0.25) is 0 Å². The summed E-state index contributed by atoms with van der Waals surface area (Å²) in [6.45, 7) is 12.2. The standard InChI is InChI=1S/C25H39N3O7/c1-16(27-23(33)35-25(6,7)8)21(31)28(19(15-29)18-12-10-9-11-13-18)14-20(30)26-17(2)22(32)34-24(3,4)5/h9-13,16-17,19,29H,14-15H2,1-8H3,(H,26,30)(H,27,33)/t16-,17?,19+/m0/s1. The van der Waals surface area contributed by atoms with Gasteiger partial charge < -0.3 is 30.1 Å². The van der Waals surface area contributed by atoms with Crippen LogP contribution in [0.4, 0.5) is 4.79 Å². The first-order chi connectivity index (χ1) is 16.0. The van der Waals surface area contributed by atoms with Crippen molar-refractivity contribution in [3.8, 4) is 0 Å². The second-order valence-corrected chi connectivity index (χ2v) is 10.3. The first kappa shape index (κ1) is 29.9. The minimum atomic E-state index is -1.06. The first-order valence-electron chi connectivity index (χ1n) is 11.5. The van der Waals surface area contributed by atoms with E-state index >= 15 is 0 Å². The molecule has 1 unspecified atom stereocenters. The summed E-state index contributed by atoms with van der Waals surface area (Å²) in [6, 6.07) is 5.82. The molecule has 3 amide bonds. The second-order valence-electron chi connectivity index (χ2n) is 10.3. The lowest BCUT2D eigenvalue weighted by atomic mass is 10.0. The quantitative estimate of drug-likeness (QED) is 0.449. The van der Waals surface area contributed by atoms with Gasteiger partial charge in [-0.05, 0) is 61.0 Å². The van der Waals surface area contributed by atoms with Gasteiger partial charge in [0.1, 0.15) is 29.8 Å². The summed E-state index contributed by atoms with van der Waals surface area (Å²) in [4.78, 5) is 51.7. The number of aliphatic hydroxyl groups is 1. The highest BCUT2D eigenvalue weighted by Crippen LogP contribution is 2.21. The van der Waals surface area contributed by atoms with Crippen LogP contribution in [-0.4, -0.2) is 70.3 Å². The predicted molar refractivity (Wildman–Crippen MR) is 130 cm³/mol. The smallest absolute Gasteiger partial charge is 0.408 e. The van der Waals surface area contributed by atoms with Crippen LogP contribution in [0.15, 0.2) is 30.3 Å². The Bertz CT molecular complexity index is 875. The zero-order chi connectivity index (χ0) is 27.0. The lowest BCUT2D eigenvalue weighted by Crippen LogP contribution is -2.53. The highest BCUT2D eigenvalue weighted by atomic mass is 16.6. The normalized spacial score (nSPS) is 14.2. The Hall–Kier alpha value is -3.14. The molecule has 1 aromatic carbocycles. The van der Waals surface area contributed by atoms with Gasteiger partial charge in [0, 0.05) is 0 Å². The van der Waals surface area contributed by atoms with Gasteiger partial charge >= 0.3 is 12.1 Å². The Morgan fingerprint density at radius 2 is 1.43 bits per heavy atom. The molecule has 0 aliphatic carbocycles. The van der Waals surface area contributed by atoms with Gasteiger partial charge in [0.15, 0.2) is 0 Å². The number of carbonyl (C=O) groups is 4. The molecule has 0 saturated heterocycles. The molecule has 1 aromatic rings. The van der Waals surface area contributed by atoms with Crippen LogP contribution in [-0.2, 0) is 23.9 Å². The largest absolute Gasteiger partial charge is 0.458 e. The molecule has 1 rings (SSSR count). The van der Waals surface area contributed by atoms with E-state index in [9.17, 15) is 24.3 Å². The fraction of sp³-hybridized carbons (Fsp3) is 0.600.